The highest BCUT2D eigenvalue weighted by Gasteiger charge is 2.39. The van der Waals surface area contributed by atoms with E-state index in [1.54, 1.807) is 54.1 Å². The van der Waals surface area contributed by atoms with E-state index in [0.717, 1.165) is 5.56 Å². The predicted molar refractivity (Wildman–Crippen MR) is 143 cm³/mol. The smallest absolute Gasteiger partial charge is 0.253 e. The van der Waals surface area contributed by atoms with Gasteiger partial charge in [0.15, 0.2) is 0 Å². The number of hydrogen-bond acceptors (Lipinski definition) is 3. The van der Waals surface area contributed by atoms with Crippen molar-refractivity contribution in [3.63, 3.8) is 0 Å². The van der Waals surface area contributed by atoms with Crippen molar-refractivity contribution in [3.8, 4) is 0 Å². The number of halogens is 3. The van der Waals surface area contributed by atoms with E-state index in [9.17, 15) is 14.4 Å². The first kappa shape index (κ1) is 26.8. The second-order valence-electron chi connectivity index (χ2n) is 9.62. The van der Waals surface area contributed by atoms with Crippen molar-refractivity contribution >= 4 is 52.5 Å². The fraction of sp³-hybridized carbons (Fsp3) is 0.444. The van der Waals surface area contributed by atoms with Gasteiger partial charge in [-0.05, 0) is 61.2 Å². The Balaban J connectivity index is 1.55. The van der Waals surface area contributed by atoms with Crippen molar-refractivity contribution in [2.45, 2.75) is 38.1 Å². The Bertz CT molecular complexity index is 1130. The Hall–Kier alpha value is -2.28. The average Bonchev–Trinajstić information content (AvgIpc) is 2.89. The Morgan fingerprint density at radius 2 is 1.50 bits per heavy atom. The van der Waals surface area contributed by atoms with Gasteiger partial charge in [0.05, 0.1) is 10.0 Å². The van der Waals surface area contributed by atoms with E-state index < -0.39 is 0 Å². The molecule has 2 heterocycles. The van der Waals surface area contributed by atoms with Crippen molar-refractivity contribution in [1.29, 1.82) is 0 Å². The predicted octanol–water partition coefficient (Wildman–Crippen LogP) is 5.36. The maximum Gasteiger partial charge on any atom is 0.253 e. The quantitative estimate of drug-likeness (QED) is 0.515. The molecule has 0 saturated carbocycles. The Labute approximate surface area is 227 Å². The second kappa shape index (κ2) is 11.4. The molecular formula is C27H30Cl3N3O3. The zero-order valence-corrected chi connectivity index (χ0v) is 22.7. The molecule has 2 atom stereocenters. The molecule has 6 nitrogen and oxygen atoms in total. The van der Waals surface area contributed by atoms with Crippen LogP contribution in [0.5, 0.6) is 0 Å². The highest BCUT2D eigenvalue weighted by Crippen LogP contribution is 2.35. The molecule has 2 saturated heterocycles. The third-order valence-electron chi connectivity index (χ3n) is 7.46. The third kappa shape index (κ3) is 5.82. The van der Waals surface area contributed by atoms with Gasteiger partial charge in [-0.1, -0.05) is 40.9 Å². The standard InChI is InChI=1S/C27H30Cl3N3O3/c1-17(34)32-12-9-19(10-13-32)27(36)33-14-11-25(22(16-33)20-5-8-23(29)24(30)15-20)31(2)26(35)18-3-6-21(28)7-4-18/h3-8,15,19,22,25H,9-14,16H2,1-2H3/t22-,25+/m0/s1. The van der Waals surface area contributed by atoms with E-state index >= 15 is 0 Å². The Morgan fingerprint density at radius 1 is 0.861 bits per heavy atom. The zero-order valence-electron chi connectivity index (χ0n) is 20.4. The van der Waals surface area contributed by atoms with Gasteiger partial charge >= 0.3 is 0 Å². The molecule has 2 aliphatic heterocycles. The first-order valence-corrected chi connectivity index (χ1v) is 13.3. The maximum atomic E-state index is 13.5. The van der Waals surface area contributed by atoms with E-state index in [1.807, 2.05) is 17.0 Å². The minimum atomic E-state index is -0.131. The summed E-state index contributed by atoms with van der Waals surface area (Å²) < 4.78 is 0. The summed E-state index contributed by atoms with van der Waals surface area (Å²) >= 11 is 18.5. The number of likely N-dealkylation sites (N-methyl/N-ethyl adjacent to an activating group) is 1. The van der Waals surface area contributed by atoms with Gasteiger partial charge in [0.2, 0.25) is 11.8 Å². The van der Waals surface area contributed by atoms with Gasteiger partial charge in [-0.3, -0.25) is 14.4 Å². The van der Waals surface area contributed by atoms with Gasteiger partial charge in [-0.25, -0.2) is 0 Å². The lowest BCUT2D eigenvalue weighted by Crippen LogP contribution is -2.53. The first-order chi connectivity index (χ1) is 17.2. The fourth-order valence-electron chi connectivity index (χ4n) is 5.32. The minimum Gasteiger partial charge on any atom is -0.343 e. The van der Waals surface area contributed by atoms with Crippen LogP contribution in [0.4, 0.5) is 0 Å². The van der Waals surface area contributed by atoms with Gasteiger partial charge < -0.3 is 14.7 Å². The third-order valence-corrected chi connectivity index (χ3v) is 8.45. The molecule has 9 heteroatoms. The van der Waals surface area contributed by atoms with Crippen LogP contribution in [-0.2, 0) is 9.59 Å². The van der Waals surface area contributed by atoms with Crippen LogP contribution in [0.1, 0.15) is 48.0 Å². The Kier molecular flexibility index (Phi) is 8.48. The van der Waals surface area contributed by atoms with E-state index in [2.05, 4.69) is 0 Å². The number of likely N-dealkylation sites (tertiary alicyclic amines) is 2. The van der Waals surface area contributed by atoms with E-state index in [0.29, 0.717) is 66.1 Å². The number of nitrogens with zero attached hydrogens (tertiary/aromatic N) is 3. The summed E-state index contributed by atoms with van der Waals surface area (Å²) in [6.07, 6.45) is 1.98. The van der Waals surface area contributed by atoms with Gasteiger partial charge in [-0.15, -0.1) is 0 Å². The number of carbonyl (C=O) groups is 3. The maximum absolute atomic E-state index is 13.5. The van der Waals surface area contributed by atoms with Crippen LogP contribution in [0, 0.1) is 5.92 Å². The summed E-state index contributed by atoms with van der Waals surface area (Å²) in [7, 11) is 1.81. The molecule has 2 fully saturated rings. The summed E-state index contributed by atoms with van der Waals surface area (Å²) in [5.41, 5.74) is 1.50. The number of rotatable bonds is 4. The van der Waals surface area contributed by atoms with Crippen LogP contribution in [-0.4, -0.2) is 71.7 Å². The second-order valence-corrected chi connectivity index (χ2v) is 10.9. The zero-order chi connectivity index (χ0) is 26.0. The first-order valence-electron chi connectivity index (χ1n) is 12.2. The van der Waals surface area contributed by atoms with Gasteiger partial charge in [0.1, 0.15) is 0 Å². The molecule has 4 rings (SSSR count). The van der Waals surface area contributed by atoms with Crippen molar-refractivity contribution in [2.75, 3.05) is 33.2 Å². The van der Waals surface area contributed by atoms with E-state index in [4.69, 9.17) is 34.8 Å². The highest BCUT2D eigenvalue weighted by molar-refractivity contribution is 6.42. The molecule has 0 spiro atoms. The van der Waals surface area contributed by atoms with Crippen molar-refractivity contribution in [1.82, 2.24) is 14.7 Å². The van der Waals surface area contributed by atoms with Crippen molar-refractivity contribution in [2.24, 2.45) is 5.92 Å². The van der Waals surface area contributed by atoms with Crippen LogP contribution >= 0.6 is 34.8 Å². The largest absolute Gasteiger partial charge is 0.343 e. The molecule has 0 aliphatic carbocycles. The van der Waals surface area contributed by atoms with Gasteiger partial charge in [-0.2, -0.15) is 0 Å². The summed E-state index contributed by atoms with van der Waals surface area (Å²) in [4.78, 5) is 44.0. The molecule has 0 aromatic heterocycles. The fourth-order valence-corrected chi connectivity index (χ4v) is 5.75. The molecule has 2 aliphatic rings. The van der Waals surface area contributed by atoms with Crippen LogP contribution in [0.25, 0.3) is 0 Å². The van der Waals surface area contributed by atoms with Crippen LogP contribution < -0.4 is 0 Å². The Morgan fingerprint density at radius 3 is 2.11 bits per heavy atom. The summed E-state index contributed by atoms with van der Waals surface area (Å²) in [6.45, 7) is 3.82. The van der Waals surface area contributed by atoms with Crippen molar-refractivity contribution < 1.29 is 14.4 Å². The van der Waals surface area contributed by atoms with Crippen LogP contribution in [0.2, 0.25) is 15.1 Å². The van der Waals surface area contributed by atoms with Crippen molar-refractivity contribution in [3.05, 3.63) is 68.7 Å². The summed E-state index contributed by atoms with van der Waals surface area (Å²) in [6, 6.07) is 12.2. The number of benzene rings is 2. The molecule has 0 N–H and O–H groups in total. The number of amides is 3. The van der Waals surface area contributed by atoms with E-state index in [-0.39, 0.29) is 35.6 Å². The molecule has 2 aromatic rings. The molecule has 0 radical (unpaired) electrons. The molecule has 3 amide bonds. The van der Waals surface area contributed by atoms with Gasteiger partial charge in [0.25, 0.3) is 5.91 Å². The summed E-state index contributed by atoms with van der Waals surface area (Å²) in [5, 5.41) is 1.48. The molecule has 0 unspecified atom stereocenters. The molecule has 192 valence electrons. The lowest BCUT2D eigenvalue weighted by atomic mass is 9.83. The number of carbonyl (C=O) groups excluding carboxylic acids is 3. The molecule has 2 aromatic carbocycles. The van der Waals surface area contributed by atoms with E-state index in [1.165, 1.54) is 0 Å². The topological polar surface area (TPSA) is 60.9 Å². The molecule has 0 bridgehead atoms. The number of piperidine rings is 2. The SMILES string of the molecule is CC(=O)N1CCC(C(=O)N2CC[C@@H](N(C)C(=O)c3ccc(Cl)cc3)[C@H](c3ccc(Cl)c(Cl)c3)C2)CC1. The highest BCUT2D eigenvalue weighted by atomic mass is 35.5. The lowest BCUT2D eigenvalue weighted by Gasteiger charge is -2.44. The molecule has 36 heavy (non-hydrogen) atoms. The average molecular weight is 551 g/mol. The minimum absolute atomic E-state index is 0.0507. The van der Waals surface area contributed by atoms with Crippen LogP contribution in [0.15, 0.2) is 42.5 Å². The normalized spacial score (nSPS) is 20.8. The lowest BCUT2D eigenvalue weighted by molar-refractivity contribution is -0.141. The monoisotopic (exact) mass is 549 g/mol. The van der Waals surface area contributed by atoms with Crippen LogP contribution in [0.3, 0.4) is 0 Å². The summed E-state index contributed by atoms with van der Waals surface area (Å²) in [5.74, 6) is -0.155. The van der Waals surface area contributed by atoms with Gasteiger partial charge in [0, 0.05) is 68.6 Å². The molecular weight excluding hydrogens is 521 g/mol. The number of hydrogen-bond donors (Lipinski definition) is 0.